The molecule has 2 aromatic rings. The number of ether oxygens (including phenoxy) is 2. The molecular formula is C20H25N5O2. The van der Waals surface area contributed by atoms with Crippen LogP contribution in [0.15, 0.2) is 47.0 Å². The number of rotatable bonds is 5. The molecule has 0 unspecified atom stereocenters. The van der Waals surface area contributed by atoms with Crippen molar-refractivity contribution < 1.29 is 9.47 Å². The van der Waals surface area contributed by atoms with E-state index in [0.717, 1.165) is 52.4 Å². The van der Waals surface area contributed by atoms with Crippen molar-refractivity contribution in [3.63, 3.8) is 0 Å². The van der Waals surface area contributed by atoms with E-state index in [4.69, 9.17) is 15.2 Å². The van der Waals surface area contributed by atoms with Crippen molar-refractivity contribution in [3.05, 3.63) is 42.0 Å². The Hall–Kier alpha value is -3.09. The SMILES string of the molecule is C=C(C)N=C(C)C1=C(N)CN(c2ncnc3cc(OC)c(OC)cc23)CC1. The van der Waals surface area contributed by atoms with E-state index in [1.807, 2.05) is 26.0 Å². The first-order chi connectivity index (χ1) is 12.9. The number of aromatic nitrogens is 2. The topological polar surface area (TPSA) is 85.9 Å². The van der Waals surface area contributed by atoms with Crippen LogP contribution in [0.5, 0.6) is 11.5 Å². The van der Waals surface area contributed by atoms with Crippen molar-refractivity contribution >= 4 is 22.4 Å². The van der Waals surface area contributed by atoms with E-state index in [-0.39, 0.29) is 0 Å². The number of hydrogen-bond acceptors (Lipinski definition) is 7. The molecule has 2 N–H and O–H groups in total. The van der Waals surface area contributed by atoms with Gasteiger partial charge in [-0.1, -0.05) is 6.58 Å². The second-order valence-corrected chi connectivity index (χ2v) is 6.53. The first kappa shape index (κ1) is 18.7. The molecule has 1 aliphatic heterocycles. The van der Waals surface area contributed by atoms with Gasteiger partial charge in [0.1, 0.15) is 12.1 Å². The van der Waals surface area contributed by atoms with Crippen molar-refractivity contribution in [2.75, 3.05) is 32.2 Å². The van der Waals surface area contributed by atoms with Crippen molar-refractivity contribution in [1.29, 1.82) is 0 Å². The van der Waals surface area contributed by atoms with Crippen LogP contribution in [-0.2, 0) is 0 Å². The highest BCUT2D eigenvalue weighted by Crippen LogP contribution is 2.35. The van der Waals surface area contributed by atoms with Gasteiger partial charge in [-0.15, -0.1) is 0 Å². The quantitative estimate of drug-likeness (QED) is 0.818. The van der Waals surface area contributed by atoms with E-state index in [9.17, 15) is 0 Å². The molecule has 1 aromatic heterocycles. The molecule has 1 aromatic carbocycles. The number of benzene rings is 1. The lowest BCUT2D eigenvalue weighted by atomic mass is 10.0. The molecule has 0 bridgehead atoms. The first-order valence-electron chi connectivity index (χ1n) is 8.75. The summed E-state index contributed by atoms with van der Waals surface area (Å²) in [5.74, 6) is 2.12. The maximum atomic E-state index is 6.37. The molecule has 7 nitrogen and oxygen atoms in total. The van der Waals surface area contributed by atoms with Crippen LogP contribution in [0.4, 0.5) is 5.82 Å². The van der Waals surface area contributed by atoms with Crippen LogP contribution in [0, 0.1) is 0 Å². The molecule has 0 atom stereocenters. The van der Waals surface area contributed by atoms with Crippen LogP contribution >= 0.6 is 0 Å². The van der Waals surface area contributed by atoms with Gasteiger partial charge in [0.2, 0.25) is 0 Å². The van der Waals surface area contributed by atoms with Gasteiger partial charge in [0.05, 0.1) is 26.3 Å². The standard InChI is InChI=1S/C20H25N5O2/c1-12(2)24-13(3)14-6-7-25(10-16(14)21)20-15-8-18(26-4)19(27-5)9-17(15)22-11-23-20/h8-9,11H,1,6-7,10,21H2,2-5H3. The van der Waals surface area contributed by atoms with Crippen LogP contribution in [0.1, 0.15) is 20.3 Å². The van der Waals surface area contributed by atoms with Crippen molar-refractivity contribution in [3.8, 4) is 11.5 Å². The Kier molecular flexibility index (Phi) is 5.30. The average molecular weight is 367 g/mol. The number of fused-ring (bicyclic) bond motifs is 1. The highest BCUT2D eigenvalue weighted by atomic mass is 16.5. The minimum absolute atomic E-state index is 0.582. The number of methoxy groups -OCH3 is 2. The van der Waals surface area contributed by atoms with E-state index < -0.39 is 0 Å². The van der Waals surface area contributed by atoms with E-state index in [2.05, 4.69) is 26.4 Å². The molecule has 2 heterocycles. The fourth-order valence-electron chi connectivity index (χ4n) is 3.36. The van der Waals surface area contributed by atoms with Gasteiger partial charge in [0.15, 0.2) is 11.5 Å². The summed E-state index contributed by atoms with van der Waals surface area (Å²) in [6, 6.07) is 3.77. The van der Waals surface area contributed by atoms with Crippen molar-refractivity contribution in [2.45, 2.75) is 20.3 Å². The monoisotopic (exact) mass is 367 g/mol. The lowest BCUT2D eigenvalue weighted by Crippen LogP contribution is -2.36. The molecule has 0 aliphatic carbocycles. The van der Waals surface area contributed by atoms with Crippen LogP contribution in [0.3, 0.4) is 0 Å². The predicted octanol–water partition coefficient (Wildman–Crippen LogP) is 3.06. The number of anilines is 1. The minimum atomic E-state index is 0.582. The Labute approximate surface area is 159 Å². The highest BCUT2D eigenvalue weighted by Gasteiger charge is 2.22. The van der Waals surface area contributed by atoms with Gasteiger partial charge >= 0.3 is 0 Å². The number of nitrogens with two attached hydrogens (primary N) is 1. The Bertz CT molecular complexity index is 949. The van der Waals surface area contributed by atoms with Gasteiger partial charge in [0.25, 0.3) is 0 Å². The largest absolute Gasteiger partial charge is 0.493 e. The third-order valence-corrected chi connectivity index (χ3v) is 4.59. The fraction of sp³-hybridized carbons (Fsp3) is 0.350. The molecule has 0 radical (unpaired) electrons. The third-order valence-electron chi connectivity index (χ3n) is 4.59. The highest BCUT2D eigenvalue weighted by molar-refractivity contribution is 6.00. The van der Waals surface area contributed by atoms with Gasteiger partial charge in [0, 0.05) is 35.1 Å². The third kappa shape index (κ3) is 3.72. The minimum Gasteiger partial charge on any atom is -0.493 e. The summed E-state index contributed by atoms with van der Waals surface area (Å²) in [6.07, 6.45) is 2.36. The van der Waals surface area contributed by atoms with Crippen LogP contribution < -0.4 is 20.1 Å². The molecule has 0 amide bonds. The van der Waals surface area contributed by atoms with Gasteiger partial charge in [-0.2, -0.15) is 0 Å². The maximum Gasteiger partial charge on any atom is 0.162 e. The van der Waals surface area contributed by atoms with Gasteiger partial charge in [-0.05, 0) is 31.9 Å². The van der Waals surface area contributed by atoms with Crippen molar-refractivity contribution in [2.24, 2.45) is 10.7 Å². The molecule has 0 spiro atoms. The average Bonchev–Trinajstić information content (AvgIpc) is 2.65. The summed E-state index contributed by atoms with van der Waals surface area (Å²) in [6.45, 7) is 9.07. The van der Waals surface area contributed by atoms with E-state index in [1.165, 1.54) is 0 Å². The Morgan fingerprint density at radius 3 is 2.52 bits per heavy atom. The van der Waals surface area contributed by atoms with Gasteiger partial charge < -0.3 is 20.1 Å². The number of nitrogens with zero attached hydrogens (tertiary/aromatic N) is 4. The fourth-order valence-corrected chi connectivity index (χ4v) is 3.36. The predicted molar refractivity (Wildman–Crippen MR) is 109 cm³/mol. The van der Waals surface area contributed by atoms with Gasteiger partial charge in [-0.3, -0.25) is 4.99 Å². The Balaban J connectivity index is 2.00. The second-order valence-electron chi connectivity index (χ2n) is 6.53. The van der Waals surface area contributed by atoms with Crippen LogP contribution in [0.25, 0.3) is 10.9 Å². The molecule has 0 saturated carbocycles. The summed E-state index contributed by atoms with van der Waals surface area (Å²) in [7, 11) is 3.23. The molecule has 3 rings (SSSR count). The Morgan fingerprint density at radius 1 is 1.19 bits per heavy atom. The molecular weight excluding hydrogens is 342 g/mol. The lowest BCUT2D eigenvalue weighted by Gasteiger charge is -2.31. The normalized spacial score (nSPS) is 15.3. The zero-order valence-corrected chi connectivity index (χ0v) is 16.2. The summed E-state index contributed by atoms with van der Waals surface area (Å²) in [4.78, 5) is 15.5. The van der Waals surface area contributed by atoms with Crippen LogP contribution in [0.2, 0.25) is 0 Å². The lowest BCUT2D eigenvalue weighted by molar-refractivity contribution is 0.356. The zero-order valence-electron chi connectivity index (χ0n) is 16.2. The van der Waals surface area contributed by atoms with Crippen molar-refractivity contribution in [1.82, 2.24) is 9.97 Å². The summed E-state index contributed by atoms with van der Waals surface area (Å²) in [5, 5.41) is 0.902. The summed E-state index contributed by atoms with van der Waals surface area (Å²) < 4.78 is 10.8. The molecule has 142 valence electrons. The van der Waals surface area contributed by atoms with Gasteiger partial charge in [-0.25, -0.2) is 9.97 Å². The number of allylic oxidation sites excluding steroid dienone is 1. The van der Waals surface area contributed by atoms with E-state index in [1.54, 1.807) is 20.5 Å². The van der Waals surface area contributed by atoms with E-state index >= 15 is 0 Å². The molecule has 0 saturated heterocycles. The maximum absolute atomic E-state index is 6.37. The molecule has 0 fully saturated rings. The first-order valence-corrected chi connectivity index (χ1v) is 8.75. The zero-order chi connectivity index (χ0) is 19.6. The molecule has 7 heteroatoms. The molecule has 1 aliphatic rings. The Morgan fingerprint density at radius 2 is 1.89 bits per heavy atom. The number of aliphatic imine (C=N–C) groups is 1. The number of hydrogen-bond donors (Lipinski definition) is 1. The second kappa shape index (κ2) is 7.65. The molecule has 27 heavy (non-hydrogen) atoms. The summed E-state index contributed by atoms with van der Waals surface area (Å²) >= 11 is 0. The van der Waals surface area contributed by atoms with Crippen LogP contribution in [-0.4, -0.2) is 43.0 Å². The van der Waals surface area contributed by atoms with E-state index in [0.29, 0.717) is 18.0 Å². The smallest absolute Gasteiger partial charge is 0.162 e. The summed E-state index contributed by atoms with van der Waals surface area (Å²) in [5.41, 5.74) is 10.8.